The second kappa shape index (κ2) is 4.59. The SMILES string of the molecule is Cc1ccsc1C(C)Nc1ccc2[nH]c(=O)[nH]c2c1. The number of hydrogen-bond acceptors (Lipinski definition) is 3. The van der Waals surface area contributed by atoms with Crippen molar-refractivity contribution in [2.75, 3.05) is 5.32 Å². The van der Waals surface area contributed by atoms with Crippen molar-refractivity contribution < 1.29 is 0 Å². The summed E-state index contributed by atoms with van der Waals surface area (Å²) in [6, 6.07) is 8.22. The average molecular weight is 273 g/mol. The standard InChI is InChI=1S/C14H15N3OS/c1-8-5-6-19-13(8)9(2)15-10-3-4-11-12(7-10)17-14(18)16-11/h3-7,9,15H,1-2H3,(H2,16,17,18). The van der Waals surface area contributed by atoms with Gasteiger partial charge in [-0.05, 0) is 49.1 Å². The van der Waals surface area contributed by atoms with Crippen molar-refractivity contribution >= 4 is 28.1 Å². The third-order valence-corrected chi connectivity index (χ3v) is 4.40. The molecule has 5 heteroatoms. The van der Waals surface area contributed by atoms with Crippen LogP contribution in [-0.2, 0) is 0 Å². The molecule has 3 rings (SSSR count). The van der Waals surface area contributed by atoms with Crippen LogP contribution in [0.4, 0.5) is 5.69 Å². The lowest BCUT2D eigenvalue weighted by molar-refractivity contribution is 0.899. The van der Waals surface area contributed by atoms with Gasteiger partial charge in [-0.3, -0.25) is 0 Å². The Hall–Kier alpha value is -2.01. The van der Waals surface area contributed by atoms with Crippen molar-refractivity contribution in [3.8, 4) is 0 Å². The predicted molar refractivity (Wildman–Crippen MR) is 80.0 cm³/mol. The van der Waals surface area contributed by atoms with E-state index in [1.165, 1.54) is 10.4 Å². The molecule has 4 nitrogen and oxygen atoms in total. The molecule has 0 fully saturated rings. The number of benzene rings is 1. The summed E-state index contributed by atoms with van der Waals surface area (Å²) in [4.78, 5) is 18.1. The number of fused-ring (bicyclic) bond motifs is 1. The fourth-order valence-corrected chi connectivity index (χ4v) is 3.20. The van der Waals surface area contributed by atoms with Gasteiger partial charge in [0.2, 0.25) is 0 Å². The third-order valence-electron chi connectivity index (χ3n) is 3.19. The molecule has 0 spiro atoms. The van der Waals surface area contributed by atoms with Crippen molar-refractivity contribution in [1.82, 2.24) is 9.97 Å². The number of nitrogens with one attached hydrogen (secondary N) is 3. The maximum atomic E-state index is 11.2. The predicted octanol–water partition coefficient (Wildman–Crippen LogP) is 3.40. The molecule has 2 heterocycles. The highest BCUT2D eigenvalue weighted by atomic mass is 32.1. The normalized spacial score (nSPS) is 12.7. The first kappa shape index (κ1) is 12.0. The van der Waals surface area contributed by atoms with Crippen LogP contribution < -0.4 is 11.0 Å². The van der Waals surface area contributed by atoms with Crippen LogP contribution in [-0.4, -0.2) is 9.97 Å². The molecule has 1 unspecified atom stereocenters. The summed E-state index contributed by atoms with van der Waals surface area (Å²) in [5.74, 6) is 0. The van der Waals surface area contributed by atoms with Gasteiger partial charge >= 0.3 is 5.69 Å². The summed E-state index contributed by atoms with van der Waals surface area (Å²) in [6.07, 6.45) is 0. The van der Waals surface area contributed by atoms with Crippen molar-refractivity contribution in [1.29, 1.82) is 0 Å². The van der Waals surface area contributed by atoms with Gasteiger partial charge in [-0.2, -0.15) is 0 Å². The molecule has 0 aliphatic heterocycles. The Morgan fingerprint density at radius 3 is 2.74 bits per heavy atom. The molecule has 3 aromatic rings. The van der Waals surface area contributed by atoms with Crippen LogP contribution in [0.15, 0.2) is 34.4 Å². The number of hydrogen-bond donors (Lipinski definition) is 3. The van der Waals surface area contributed by atoms with Gasteiger partial charge in [0.15, 0.2) is 0 Å². The van der Waals surface area contributed by atoms with Crippen LogP contribution in [0.25, 0.3) is 11.0 Å². The third kappa shape index (κ3) is 2.29. The van der Waals surface area contributed by atoms with Gasteiger partial charge in [0.05, 0.1) is 17.1 Å². The van der Waals surface area contributed by atoms with Crippen LogP contribution in [0.2, 0.25) is 0 Å². The van der Waals surface area contributed by atoms with Crippen LogP contribution in [0.1, 0.15) is 23.4 Å². The molecule has 1 aromatic carbocycles. The summed E-state index contributed by atoms with van der Waals surface area (Å²) in [5.41, 5.74) is 3.79. The number of aryl methyl sites for hydroxylation is 1. The summed E-state index contributed by atoms with van der Waals surface area (Å²) in [6.45, 7) is 4.26. The molecular weight excluding hydrogens is 258 g/mol. The zero-order chi connectivity index (χ0) is 13.4. The number of aromatic nitrogens is 2. The van der Waals surface area contributed by atoms with Crippen LogP contribution in [0.5, 0.6) is 0 Å². The first-order valence-electron chi connectivity index (χ1n) is 6.16. The number of anilines is 1. The molecule has 98 valence electrons. The van der Waals surface area contributed by atoms with Gasteiger partial charge in [-0.15, -0.1) is 11.3 Å². The molecule has 0 bridgehead atoms. The van der Waals surface area contributed by atoms with Gasteiger partial charge in [0.1, 0.15) is 0 Å². The Kier molecular flexibility index (Phi) is 2.91. The fourth-order valence-electron chi connectivity index (χ4n) is 2.27. The van der Waals surface area contributed by atoms with E-state index in [4.69, 9.17) is 0 Å². The highest BCUT2D eigenvalue weighted by molar-refractivity contribution is 7.10. The highest BCUT2D eigenvalue weighted by Crippen LogP contribution is 2.27. The Balaban J connectivity index is 1.88. The Labute approximate surface area is 114 Å². The summed E-state index contributed by atoms with van der Waals surface area (Å²) < 4.78 is 0. The van der Waals surface area contributed by atoms with E-state index in [2.05, 4.69) is 40.6 Å². The minimum absolute atomic E-state index is 0.172. The van der Waals surface area contributed by atoms with E-state index in [9.17, 15) is 4.79 Å². The lowest BCUT2D eigenvalue weighted by Crippen LogP contribution is -2.05. The minimum atomic E-state index is -0.172. The maximum absolute atomic E-state index is 11.2. The van der Waals surface area contributed by atoms with E-state index in [1.54, 1.807) is 11.3 Å². The number of rotatable bonds is 3. The quantitative estimate of drug-likeness (QED) is 0.685. The van der Waals surface area contributed by atoms with Crippen LogP contribution in [0.3, 0.4) is 0 Å². The topological polar surface area (TPSA) is 60.7 Å². The van der Waals surface area contributed by atoms with Crippen LogP contribution in [0, 0.1) is 6.92 Å². The minimum Gasteiger partial charge on any atom is -0.378 e. The number of imidazole rings is 1. The monoisotopic (exact) mass is 273 g/mol. The molecule has 0 aliphatic rings. The van der Waals surface area contributed by atoms with E-state index in [-0.39, 0.29) is 11.7 Å². The highest BCUT2D eigenvalue weighted by Gasteiger charge is 2.10. The van der Waals surface area contributed by atoms with Gasteiger partial charge in [0.25, 0.3) is 0 Å². The van der Waals surface area contributed by atoms with Crippen molar-refractivity contribution in [3.63, 3.8) is 0 Å². The largest absolute Gasteiger partial charge is 0.378 e. The first-order valence-corrected chi connectivity index (χ1v) is 7.04. The Bertz CT molecular complexity index is 768. The van der Waals surface area contributed by atoms with Gasteiger partial charge < -0.3 is 15.3 Å². The molecule has 1 atom stereocenters. The number of H-pyrrole nitrogens is 2. The van der Waals surface area contributed by atoms with Gasteiger partial charge in [0, 0.05) is 10.6 Å². The van der Waals surface area contributed by atoms with E-state index >= 15 is 0 Å². The van der Waals surface area contributed by atoms with Crippen molar-refractivity contribution in [3.05, 3.63) is 50.6 Å². The molecule has 19 heavy (non-hydrogen) atoms. The zero-order valence-electron chi connectivity index (χ0n) is 10.8. The molecule has 0 radical (unpaired) electrons. The lowest BCUT2D eigenvalue weighted by Gasteiger charge is -2.15. The first-order chi connectivity index (χ1) is 9.13. The molecule has 3 N–H and O–H groups in total. The van der Waals surface area contributed by atoms with Gasteiger partial charge in [-0.25, -0.2) is 4.79 Å². The summed E-state index contributed by atoms with van der Waals surface area (Å²) in [7, 11) is 0. The average Bonchev–Trinajstić information content (AvgIpc) is 2.93. The number of thiophene rings is 1. The smallest absolute Gasteiger partial charge is 0.323 e. The lowest BCUT2D eigenvalue weighted by atomic mass is 10.2. The second-order valence-electron chi connectivity index (χ2n) is 4.67. The molecule has 0 aliphatic carbocycles. The fraction of sp³-hybridized carbons (Fsp3) is 0.214. The molecule has 2 aromatic heterocycles. The van der Waals surface area contributed by atoms with Crippen LogP contribution >= 0.6 is 11.3 Å². The van der Waals surface area contributed by atoms with E-state index in [0.717, 1.165) is 16.7 Å². The van der Waals surface area contributed by atoms with E-state index in [1.807, 2.05) is 18.2 Å². The van der Waals surface area contributed by atoms with Gasteiger partial charge in [-0.1, -0.05) is 0 Å². The maximum Gasteiger partial charge on any atom is 0.323 e. The molecule has 0 saturated carbocycles. The van der Waals surface area contributed by atoms with Crippen molar-refractivity contribution in [2.24, 2.45) is 0 Å². The second-order valence-corrected chi connectivity index (χ2v) is 5.62. The molecule has 0 amide bonds. The number of aromatic amines is 2. The molecular formula is C14H15N3OS. The van der Waals surface area contributed by atoms with E-state index in [0.29, 0.717) is 0 Å². The zero-order valence-corrected chi connectivity index (χ0v) is 11.6. The Morgan fingerprint density at radius 1 is 1.21 bits per heavy atom. The Morgan fingerprint density at radius 2 is 2.00 bits per heavy atom. The van der Waals surface area contributed by atoms with E-state index < -0.39 is 0 Å². The van der Waals surface area contributed by atoms with Crippen molar-refractivity contribution in [2.45, 2.75) is 19.9 Å². The molecule has 0 saturated heterocycles. The summed E-state index contributed by atoms with van der Waals surface area (Å²) in [5, 5.41) is 5.57. The summed E-state index contributed by atoms with van der Waals surface area (Å²) >= 11 is 1.76.